The Balaban J connectivity index is 1.40. The van der Waals surface area contributed by atoms with Crippen molar-refractivity contribution in [2.45, 2.75) is 19.3 Å². The van der Waals surface area contributed by atoms with Gasteiger partial charge in [0.05, 0.1) is 10.4 Å². The van der Waals surface area contributed by atoms with Crippen LogP contribution in [0.3, 0.4) is 0 Å². The van der Waals surface area contributed by atoms with Gasteiger partial charge >= 0.3 is 0 Å². The van der Waals surface area contributed by atoms with Gasteiger partial charge in [0.1, 0.15) is 0 Å². The number of carbonyl (C=O) groups is 2. The lowest BCUT2D eigenvalue weighted by Crippen LogP contribution is -2.24. The van der Waals surface area contributed by atoms with Crippen molar-refractivity contribution < 1.29 is 9.59 Å². The van der Waals surface area contributed by atoms with Crippen LogP contribution in [0.4, 0.5) is 0 Å². The zero-order chi connectivity index (χ0) is 21.8. The van der Waals surface area contributed by atoms with E-state index >= 15 is 0 Å². The number of fused-ring (bicyclic) bond motifs is 1. The number of aromatic amines is 1. The molecule has 1 atom stereocenters. The number of amides is 2. The molecule has 0 aliphatic rings. The van der Waals surface area contributed by atoms with Crippen molar-refractivity contribution in [1.82, 2.24) is 20.8 Å². The van der Waals surface area contributed by atoms with Crippen LogP contribution in [0.5, 0.6) is 0 Å². The molecule has 0 radical (unpaired) electrons. The first-order chi connectivity index (χ1) is 15.1. The molecule has 2 heterocycles. The topological polar surface area (TPSA) is 86.9 Å². The van der Waals surface area contributed by atoms with Crippen molar-refractivity contribution >= 4 is 34.1 Å². The number of aromatic nitrogens is 2. The van der Waals surface area contributed by atoms with Gasteiger partial charge in [-0.3, -0.25) is 14.7 Å². The van der Waals surface area contributed by atoms with Gasteiger partial charge in [0.2, 0.25) is 0 Å². The molecule has 4 rings (SSSR count). The van der Waals surface area contributed by atoms with Crippen molar-refractivity contribution in [2.24, 2.45) is 0 Å². The van der Waals surface area contributed by atoms with Gasteiger partial charge in [-0.1, -0.05) is 43.3 Å². The molecule has 0 bridgehead atoms. The largest absolute Gasteiger partial charge is 0.354 e. The predicted molar refractivity (Wildman–Crippen MR) is 125 cm³/mol. The molecule has 0 aliphatic carbocycles. The Kier molecular flexibility index (Phi) is 6.13. The van der Waals surface area contributed by atoms with E-state index in [9.17, 15) is 9.59 Å². The number of nitrogens with one attached hydrogen (secondary N) is 3. The molecule has 4 aromatic rings. The zero-order valence-corrected chi connectivity index (χ0v) is 18.3. The molecule has 1 unspecified atom stereocenters. The van der Waals surface area contributed by atoms with Gasteiger partial charge in [-0.2, -0.15) is 5.10 Å². The van der Waals surface area contributed by atoms with E-state index in [1.807, 2.05) is 47.8 Å². The fourth-order valence-electron chi connectivity index (χ4n) is 3.53. The summed E-state index contributed by atoms with van der Waals surface area (Å²) in [5, 5.41) is 15.4. The van der Waals surface area contributed by atoms with Crippen LogP contribution in [0.25, 0.3) is 22.0 Å². The van der Waals surface area contributed by atoms with Gasteiger partial charge in [-0.05, 0) is 52.6 Å². The molecule has 0 aliphatic heterocycles. The molecule has 7 heteroatoms. The number of hydrogen-bond acceptors (Lipinski definition) is 4. The third-order valence-corrected chi connectivity index (χ3v) is 6.32. The standard InChI is InChI=1S/C24H24N4O2S/c1-15(16-6-4-3-5-7-16)10-11-26-23(29)21-13-18(14-31-21)17-8-9-19-20(12-17)27-28-22(19)24(30)25-2/h3-9,12-15H,10-11H2,1-2H3,(H,25,30)(H,26,29)(H,27,28). The highest BCUT2D eigenvalue weighted by Gasteiger charge is 2.15. The minimum atomic E-state index is -0.227. The monoisotopic (exact) mass is 432 g/mol. The van der Waals surface area contributed by atoms with Crippen LogP contribution in [0.1, 0.15) is 45.0 Å². The second-order valence-corrected chi connectivity index (χ2v) is 8.38. The van der Waals surface area contributed by atoms with Crippen LogP contribution in [0, 0.1) is 0 Å². The van der Waals surface area contributed by atoms with Crippen LogP contribution >= 0.6 is 11.3 Å². The lowest BCUT2D eigenvalue weighted by atomic mass is 9.98. The maximum Gasteiger partial charge on any atom is 0.272 e. The van der Waals surface area contributed by atoms with E-state index < -0.39 is 0 Å². The molecule has 0 saturated heterocycles. The van der Waals surface area contributed by atoms with Crippen molar-refractivity contribution in [3.8, 4) is 11.1 Å². The van der Waals surface area contributed by atoms with E-state index in [0.29, 0.717) is 23.0 Å². The smallest absolute Gasteiger partial charge is 0.272 e. The van der Waals surface area contributed by atoms with Gasteiger partial charge < -0.3 is 10.6 Å². The van der Waals surface area contributed by atoms with E-state index in [4.69, 9.17) is 0 Å². The van der Waals surface area contributed by atoms with Crippen molar-refractivity contribution in [2.75, 3.05) is 13.6 Å². The Morgan fingerprint density at radius 2 is 1.87 bits per heavy atom. The minimum absolute atomic E-state index is 0.0546. The fraction of sp³-hybridized carbons (Fsp3) is 0.208. The van der Waals surface area contributed by atoms with E-state index in [1.54, 1.807) is 7.05 Å². The van der Waals surface area contributed by atoms with Crippen molar-refractivity contribution in [1.29, 1.82) is 0 Å². The number of carbonyl (C=O) groups excluding carboxylic acids is 2. The first kappa shape index (κ1) is 20.8. The lowest BCUT2D eigenvalue weighted by Gasteiger charge is -2.12. The number of rotatable bonds is 7. The SMILES string of the molecule is CNC(=O)c1n[nH]c2cc(-c3csc(C(=O)NCCC(C)c4ccccc4)c3)ccc12. The summed E-state index contributed by atoms with van der Waals surface area (Å²) in [4.78, 5) is 25.1. The Morgan fingerprint density at radius 3 is 2.65 bits per heavy atom. The quantitative estimate of drug-likeness (QED) is 0.400. The normalized spacial score (nSPS) is 11.9. The highest BCUT2D eigenvalue weighted by Crippen LogP contribution is 2.29. The molecule has 0 saturated carbocycles. The van der Waals surface area contributed by atoms with E-state index in [1.165, 1.54) is 16.9 Å². The molecule has 3 N–H and O–H groups in total. The average molecular weight is 433 g/mol. The molecular formula is C24H24N4O2S. The predicted octanol–water partition coefficient (Wildman–Crippen LogP) is 4.57. The van der Waals surface area contributed by atoms with Crippen LogP contribution in [0.2, 0.25) is 0 Å². The molecule has 0 spiro atoms. The van der Waals surface area contributed by atoms with Crippen molar-refractivity contribution in [3.05, 3.63) is 76.1 Å². The zero-order valence-electron chi connectivity index (χ0n) is 17.4. The summed E-state index contributed by atoms with van der Waals surface area (Å²) in [7, 11) is 1.58. The van der Waals surface area contributed by atoms with Crippen LogP contribution < -0.4 is 10.6 Å². The Bertz CT molecular complexity index is 1210. The van der Waals surface area contributed by atoms with Gasteiger partial charge in [0.15, 0.2) is 5.69 Å². The summed E-state index contributed by atoms with van der Waals surface area (Å²) < 4.78 is 0. The Hall–Kier alpha value is -3.45. The molecule has 0 fully saturated rings. The second-order valence-electron chi connectivity index (χ2n) is 7.47. The number of H-pyrrole nitrogens is 1. The van der Waals surface area contributed by atoms with Gasteiger partial charge in [-0.25, -0.2) is 0 Å². The lowest BCUT2D eigenvalue weighted by molar-refractivity contribution is 0.0950. The van der Waals surface area contributed by atoms with E-state index in [-0.39, 0.29) is 11.8 Å². The molecule has 158 valence electrons. The minimum Gasteiger partial charge on any atom is -0.354 e. The fourth-order valence-corrected chi connectivity index (χ4v) is 4.37. The van der Waals surface area contributed by atoms with Crippen LogP contribution in [-0.2, 0) is 0 Å². The first-order valence-electron chi connectivity index (χ1n) is 10.2. The highest BCUT2D eigenvalue weighted by atomic mass is 32.1. The summed E-state index contributed by atoms with van der Waals surface area (Å²) in [5.74, 6) is 0.109. The molecular weight excluding hydrogens is 408 g/mol. The first-order valence-corrected chi connectivity index (χ1v) is 11.1. The molecule has 2 amide bonds. The van der Waals surface area contributed by atoms with Gasteiger partial charge in [0, 0.05) is 19.0 Å². The Morgan fingerprint density at radius 1 is 1.06 bits per heavy atom. The highest BCUT2D eigenvalue weighted by molar-refractivity contribution is 7.12. The summed E-state index contributed by atoms with van der Waals surface area (Å²) in [6.07, 6.45) is 0.887. The van der Waals surface area contributed by atoms with Gasteiger partial charge in [0.25, 0.3) is 11.8 Å². The third kappa shape index (κ3) is 4.51. The molecule has 6 nitrogen and oxygen atoms in total. The summed E-state index contributed by atoms with van der Waals surface area (Å²) in [5.41, 5.74) is 4.37. The summed E-state index contributed by atoms with van der Waals surface area (Å²) in [6.45, 7) is 2.80. The molecule has 2 aromatic heterocycles. The number of hydrogen-bond donors (Lipinski definition) is 3. The van der Waals surface area contributed by atoms with E-state index in [0.717, 1.165) is 28.5 Å². The second kappa shape index (κ2) is 9.14. The van der Waals surface area contributed by atoms with Crippen LogP contribution in [0.15, 0.2) is 60.0 Å². The Labute approximate surface area is 184 Å². The third-order valence-electron chi connectivity index (χ3n) is 5.39. The van der Waals surface area contributed by atoms with E-state index in [2.05, 4.69) is 39.9 Å². The number of benzene rings is 2. The van der Waals surface area contributed by atoms with Gasteiger partial charge in [-0.15, -0.1) is 11.3 Å². The maximum absolute atomic E-state index is 12.6. The molecule has 31 heavy (non-hydrogen) atoms. The average Bonchev–Trinajstić information content (AvgIpc) is 3.46. The summed E-state index contributed by atoms with van der Waals surface area (Å²) in [6, 6.07) is 18.0. The molecule has 2 aromatic carbocycles. The van der Waals surface area contributed by atoms with Crippen molar-refractivity contribution in [3.63, 3.8) is 0 Å². The summed E-state index contributed by atoms with van der Waals surface area (Å²) >= 11 is 1.42. The van der Waals surface area contributed by atoms with Crippen LogP contribution in [-0.4, -0.2) is 35.6 Å². The number of nitrogens with zero attached hydrogens (tertiary/aromatic N) is 1. The number of thiophene rings is 1. The maximum atomic E-state index is 12.6.